The molecule has 0 atom stereocenters. The quantitative estimate of drug-likeness (QED) is 0.259. The molecule has 0 unspecified atom stereocenters. The number of fused-ring (bicyclic) bond motifs is 3. The van der Waals surface area contributed by atoms with E-state index in [1.54, 1.807) is 6.07 Å². The number of rotatable bonds is 4. The van der Waals surface area contributed by atoms with E-state index in [4.69, 9.17) is 0 Å². The third kappa shape index (κ3) is 3.29. The van der Waals surface area contributed by atoms with Crippen molar-refractivity contribution in [2.24, 2.45) is 0 Å². The van der Waals surface area contributed by atoms with Crippen LogP contribution in [0.15, 0.2) is 97.3 Å². The average Bonchev–Trinajstić information content (AvgIpc) is 3.55. The van der Waals surface area contributed by atoms with Gasteiger partial charge in [-0.1, -0.05) is 54.6 Å². The first kappa shape index (κ1) is 19.8. The Morgan fingerprint density at radius 3 is 1.56 bits per heavy atom. The van der Waals surface area contributed by atoms with Crippen molar-refractivity contribution in [2.45, 2.75) is 0 Å². The molecule has 164 valence electrons. The molecule has 0 saturated carbocycles. The highest BCUT2D eigenvalue weighted by molar-refractivity contribution is 6.19. The van der Waals surface area contributed by atoms with Crippen LogP contribution in [-0.2, 0) is 0 Å². The van der Waals surface area contributed by atoms with Crippen LogP contribution in [0.25, 0.3) is 32.9 Å². The van der Waals surface area contributed by atoms with Gasteiger partial charge in [0.2, 0.25) is 0 Å². The molecule has 2 aliphatic rings. The second-order valence-electron chi connectivity index (χ2n) is 8.11. The molecule has 0 fully saturated rings. The number of carbonyl (C=O) groups excluding carboxylic acids is 2. The molecule has 2 aromatic carbocycles. The number of carbonyl (C=O) groups is 2. The third-order valence-corrected chi connectivity index (χ3v) is 6.07. The fourth-order valence-corrected chi connectivity index (χ4v) is 4.45. The zero-order valence-electron chi connectivity index (χ0n) is 18.1. The Bertz CT molecular complexity index is 1540. The van der Waals surface area contributed by atoms with Gasteiger partial charge in [0.1, 0.15) is 0 Å². The Hall–Kier alpha value is -4.84. The maximum Gasteiger partial charge on any atom is 0.256 e. The lowest BCUT2D eigenvalue weighted by Gasteiger charge is -2.07. The van der Waals surface area contributed by atoms with E-state index in [0.29, 0.717) is 33.6 Å². The van der Waals surface area contributed by atoms with Crippen LogP contribution in [0.4, 0.5) is 11.4 Å². The lowest BCUT2D eigenvalue weighted by molar-refractivity contribution is 0.102. The lowest BCUT2D eigenvalue weighted by Crippen LogP contribution is -2.13. The van der Waals surface area contributed by atoms with Crippen LogP contribution in [0.5, 0.6) is 0 Å². The standard InChI is InChI=1S/C28H20N4O2/c33-27(31-23-10-4-6-17-12-14-29-25(17)23)21-16-22(20-9-3-1-2-8-19(20)21)28(34)32-24-11-5-7-18-13-15-30-26(18)24/h1-16,29-30H,(H,31,33)(H,32,34). The van der Waals surface area contributed by atoms with Gasteiger partial charge in [-0.05, 0) is 41.5 Å². The van der Waals surface area contributed by atoms with Crippen LogP contribution in [0, 0.1) is 0 Å². The highest BCUT2D eigenvalue weighted by atomic mass is 16.2. The number of aromatic amines is 2. The van der Waals surface area contributed by atoms with Gasteiger partial charge in [-0.2, -0.15) is 0 Å². The fraction of sp³-hybridized carbons (Fsp3) is 0. The largest absolute Gasteiger partial charge is 0.359 e. The molecule has 6 heteroatoms. The van der Waals surface area contributed by atoms with Crippen molar-refractivity contribution >= 4 is 45.0 Å². The predicted molar refractivity (Wildman–Crippen MR) is 136 cm³/mol. The van der Waals surface area contributed by atoms with E-state index in [0.717, 1.165) is 21.8 Å². The SMILES string of the molecule is O=C(Nc1cccc2cc[nH]c12)c1cc(C(=O)Nc2cccc3cc[nH]c23)c2cccccc1-2. The van der Waals surface area contributed by atoms with Gasteiger partial charge in [0, 0.05) is 34.3 Å². The Morgan fingerprint density at radius 2 is 1.06 bits per heavy atom. The molecule has 0 aliphatic heterocycles. The lowest BCUT2D eigenvalue weighted by atomic mass is 10.1. The van der Waals surface area contributed by atoms with Crippen LogP contribution in [-0.4, -0.2) is 21.8 Å². The zero-order chi connectivity index (χ0) is 23.1. The third-order valence-electron chi connectivity index (χ3n) is 6.07. The maximum absolute atomic E-state index is 13.4. The van der Waals surface area contributed by atoms with Gasteiger partial charge >= 0.3 is 0 Å². The summed E-state index contributed by atoms with van der Waals surface area (Å²) in [5.41, 5.74) is 5.39. The number of H-pyrrole nitrogens is 2. The highest BCUT2D eigenvalue weighted by Gasteiger charge is 2.24. The molecule has 4 aromatic rings. The van der Waals surface area contributed by atoms with Crippen LogP contribution < -0.4 is 10.6 Å². The van der Waals surface area contributed by atoms with E-state index in [1.807, 2.05) is 91.3 Å². The molecule has 6 rings (SSSR count). The van der Waals surface area contributed by atoms with E-state index >= 15 is 0 Å². The van der Waals surface area contributed by atoms with Crippen molar-refractivity contribution < 1.29 is 9.59 Å². The van der Waals surface area contributed by atoms with Gasteiger partial charge in [-0.25, -0.2) is 0 Å². The first-order chi connectivity index (χ1) is 16.7. The molecule has 2 amide bonds. The number of benzene rings is 2. The number of aromatic nitrogens is 2. The first-order valence-electron chi connectivity index (χ1n) is 11.0. The summed E-state index contributed by atoms with van der Waals surface area (Å²) in [6, 6.07) is 26.4. The Morgan fingerprint density at radius 1 is 0.559 bits per heavy atom. The molecule has 0 saturated heterocycles. The van der Waals surface area contributed by atoms with Crippen LogP contribution in [0.1, 0.15) is 20.7 Å². The van der Waals surface area contributed by atoms with Crippen LogP contribution >= 0.6 is 0 Å². The molecule has 2 heterocycles. The number of amides is 2. The van der Waals surface area contributed by atoms with Gasteiger partial charge in [-0.15, -0.1) is 0 Å². The molecule has 2 aromatic heterocycles. The monoisotopic (exact) mass is 444 g/mol. The number of nitrogens with one attached hydrogen (secondary N) is 4. The molecular formula is C28H20N4O2. The molecule has 34 heavy (non-hydrogen) atoms. The van der Waals surface area contributed by atoms with Crippen molar-refractivity contribution in [3.05, 3.63) is 108 Å². The Labute approximate surface area is 195 Å². The summed E-state index contributed by atoms with van der Waals surface area (Å²) < 4.78 is 0. The minimum absolute atomic E-state index is 0.274. The van der Waals surface area contributed by atoms with Gasteiger partial charge < -0.3 is 20.6 Å². The van der Waals surface area contributed by atoms with Crippen molar-refractivity contribution in [1.82, 2.24) is 9.97 Å². The summed E-state index contributed by atoms with van der Waals surface area (Å²) in [5, 5.41) is 8.03. The minimum atomic E-state index is -0.274. The molecular weight excluding hydrogens is 424 g/mol. The van der Waals surface area contributed by atoms with Crippen molar-refractivity contribution in [1.29, 1.82) is 0 Å². The topological polar surface area (TPSA) is 89.8 Å². The maximum atomic E-state index is 13.4. The smallest absolute Gasteiger partial charge is 0.256 e. The van der Waals surface area contributed by atoms with E-state index in [1.165, 1.54) is 0 Å². The number of anilines is 2. The first-order valence-corrected chi connectivity index (χ1v) is 11.0. The molecule has 0 bridgehead atoms. The summed E-state index contributed by atoms with van der Waals surface area (Å²) >= 11 is 0. The van der Waals surface area contributed by atoms with Gasteiger partial charge in [0.25, 0.3) is 11.8 Å². The minimum Gasteiger partial charge on any atom is -0.359 e. The Balaban J connectivity index is 1.38. The number of hydrogen-bond donors (Lipinski definition) is 4. The van der Waals surface area contributed by atoms with Crippen LogP contribution in [0.3, 0.4) is 0 Å². The van der Waals surface area contributed by atoms with Gasteiger partial charge in [0.05, 0.1) is 22.4 Å². The molecule has 2 aliphatic carbocycles. The number of hydrogen-bond acceptors (Lipinski definition) is 2. The summed E-state index contributed by atoms with van der Waals surface area (Å²) in [7, 11) is 0. The summed E-state index contributed by atoms with van der Waals surface area (Å²) in [6.07, 6.45) is 3.68. The van der Waals surface area contributed by atoms with Crippen LogP contribution in [0.2, 0.25) is 0 Å². The zero-order valence-corrected chi connectivity index (χ0v) is 18.1. The van der Waals surface area contributed by atoms with Crippen molar-refractivity contribution in [3.8, 4) is 11.1 Å². The average molecular weight is 444 g/mol. The summed E-state index contributed by atoms with van der Waals surface area (Å²) in [6.45, 7) is 0. The van der Waals surface area contributed by atoms with Gasteiger partial charge in [0.15, 0.2) is 0 Å². The highest BCUT2D eigenvalue weighted by Crippen LogP contribution is 2.34. The molecule has 4 N–H and O–H groups in total. The molecule has 6 nitrogen and oxygen atoms in total. The van der Waals surface area contributed by atoms with E-state index < -0.39 is 0 Å². The summed E-state index contributed by atoms with van der Waals surface area (Å²) in [4.78, 5) is 33.1. The normalized spacial score (nSPS) is 11.2. The van der Waals surface area contributed by atoms with Crippen molar-refractivity contribution in [3.63, 3.8) is 0 Å². The van der Waals surface area contributed by atoms with Gasteiger partial charge in [-0.3, -0.25) is 9.59 Å². The molecule has 0 radical (unpaired) electrons. The van der Waals surface area contributed by atoms with E-state index in [-0.39, 0.29) is 11.8 Å². The second-order valence-corrected chi connectivity index (χ2v) is 8.11. The summed E-state index contributed by atoms with van der Waals surface area (Å²) in [5.74, 6) is -0.548. The van der Waals surface area contributed by atoms with Crippen molar-refractivity contribution in [2.75, 3.05) is 10.6 Å². The Kier molecular flexibility index (Phi) is 4.63. The fourth-order valence-electron chi connectivity index (χ4n) is 4.45. The number of para-hydroxylation sites is 2. The van der Waals surface area contributed by atoms with E-state index in [2.05, 4.69) is 20.6 Å². The van der Waals surface area contributed by atoms with E-state index in [9.17, 15) is 9.59 Å². The second kappa shape index (κ2) is 7.94. The molecule has 0 spiro atoms. The predicted octanol–water partition coefficient (Wildman–Crippen LogP) is 6.26.